The number of anilines is 2. The number of hydrogen-bond acceptors (Lipinski definition) is 8. The van der Waals surface area contributed by atoms with Gasteiger partial charge in [-0.3, -0.25) is 15.0 Å². The lowest BCUT2D eigenvalue weighted by molar-refractivity contribution is -0.132. The first-order valence-electron chi connectivity index (χ1n) is 11.3. The number of piperidine rings is 1. The van der Waals surface area contributed by atoms with Crippen molar-refractivity contribution in [2.45, 2.75) is 25.3 Å². The predicted octanol–water partition coefficient (Wildman–Crippen LogP) is 1.76. The number of phenolic OH excluding ortho intramolecular Hbond substituents is 1. The van der Waals surface area contributed by atoms with Gasteiger partial charge in [0.25, 0.3) is 0 Å². The van der Waals surface area contributed by atoms with Gasteiger partial charge in [0.05, 0.1) is 17.0 Å². The normalized spacial score (nSPS) is 15.5. The highest BCUT2D eigenvalue weighted by molar-refractivity contribution is 6.16. The number of nitrogens with two attached hydrogens (primary N) is 1. The summed E-state index contributed by atoms with van der Waals surface area (Å²) in [6.07, 6.45) is 4.35. The van der Waals surface area contributed by atoms with Crippen LogP contribution in [0.5, 0.6) is 5.75 Å². The lowest BCUT2D eigenvalue weighted by atomic mass is 10.0. The summed E-state index contributed by atoms with van der Waals surface area (Å²) in [7, 11) is 0. The van der Waals surface area contributed by atoms with Gasteiger partial charge < -0.3 is 31.4 Å². The highest BCUT2D eigenvalue weighted by Crippen LogP contribution is 2.27. The van der Waals surface area contributed by atoms with Crippen LogP contribution in [0.15, 0.2) is 43.2 Å². The van der Waals surface area contributed by atoms with E-state index < -0.39 is 0 Å². The molecule has 1 atom stereocenters. The predicted molar refractivity (Wildman–Crippen MR) is 133 cm³/mol. The molecule has 7 N–H and O–H groups in total. The third-order valence-electron chi connectivity index (χ3n) is 5.94. The van der Waals surface area contributed by atoms with Crippen molar-refractivity contribution in [2.24, 2.45) is 0 Å². The number of aromatic hydroxyl groups is 1. The molecule has 0 spiro atoms. The second kappa shape index (κ2) is 10.2. The van der Waals surface area contributed by atoms with Crippen LogP contribution in [0.1, 0.15) is 30.5 Å². The Morgan fingerprint density at radius 1 is 1.34 bits per heavy atom. The number of H-pyrrole nitrogens is 1. The molecule has 2 amide bonds. The molecule has 35 heavy (non-hydrogen) atoms. The van der Waals surface area contributed by atoms with Gasteiger partial charge in [-0.25, -0.2) is 9.97 Å². The molecule has 0 radical (unpaired) electrons. The van der Waals surface area contributed by atoms with Gasteiger partial charge in [0.2, 0.25) is 11.8 Å². The van der Waals surface area contributed by atoms with Crippen LogP contribution >= 0.6 is 0 Å². The molecule has 1 unspecified atom stereocenters. The molecule has 3 aromatic rings. The van der Waals surface area contributed by atoms with Crippen molar-refractivity contribution in [3.8, 4) is 5.75 Å². The molecule has 1 aliphatic heterocycles. The number of aromatic amines is 1. The smallest absolute Gasteiger partial charge is 0.243 e. The van der Waals surface area contributed by atoms with Crippen LogP contribution in [0.25, 0.3) is 10.9 Å². The van der Waals surface area contributed by atoms with E-state index in [0.717, 1.165) is 23.7 Å². The zero-order valence-corrected chi connectivity index (χ0v) is 19.2. The third-order valence-corrected chi connectivity index (χ3v) is 5.94. The van der Waals surface area contributed by atoms with Gasteiger partial charge in [-0.1, -0.05) is 6.58 Å². The van der Waals surface area contributed by atoms with E-state index in [0.29, 0.717) is 30.2 Å². The van der Waals surface area contributed by atoms with Crippen molar-refractivity contribution in [1.82, 2.24) is 25.2 Å². The van der Waals surface area contributed by atoms with Crippen molar-refractivity contribution < 1.29 is 14.7 Å². The van der Waals surface area contributed by atoms with E-state index >= 15 is 0 Å². The number of nitrogens with one attached hydrogen (secondary N) is 4. The maximum absolute atomic E-state index is 12.6. The Bertz CT molecular complexity index is 1290. The van der Waals surface area contributed by atoms with Crippen LogP contribution in [0.3, 0.4) is 0 Å². The Hall–Kier alpha value is -4.41. The van der Waals surface area contributed by atoms with E-state index in [1.807, 2.05) is 0 Å². The van der Waals surface area contributed by atoms with E-state index in [1.54, 1.807) is 29.2 Å². The lowest BCUT2D eigenvalue weighted by Crippen LogP contribution is -2.46. The number of likely N-dealkylation sites (tertiary alicyclic amines) is 1. The summed E-state index contributed by atoms with van der Waals surface area (Å²) in [5.74, 6) is 0.368. The standard InChI is InChI=1S/C24H28N8O3/c1-2-19(34)27-8-7-20(35)32-9-3-4-15(12-32)30-24-21(23(26)28-13-29-24)22(25)18-11-14-10-16(33)5-6-17(14)31-18/h2,5-6,10-11,13,15,25,31,33H,1,3-4,7-9,12H2,(H,27,34)(H3,26,28,29,30). The summed E-state index contributed by atoms with van der Waals surface area (Å²) in [4.78, 5) is 37.2. The minimum Gasteiger partial charge on any atom is -0.508 e. The second-order valence-electron chi connectivity index (χ2n) is 8.38. The number of carbonyl (C=O) groups excluding carboxylic acids is 2. The fourth-order valence-corrected chi connectivity index (χ4v) is 4.18. The third kappa shape index (κ3) is 5.40. The lowest BCUT2D eigenvalue weighted by Gasteiger charge is -2.34. The van der Waals surface area contributed by atoms with E-state index in [1.165, 1.54) is 12.4 Å². The van der Waals surface area contributed by atoms with Crippen LogP contribution in [-0.4, -0.2) is 68.2 Å². The molecule has 4 rings (SSSR count). The minimum atomic E-state index is -0.306. The number of rotatable bonds is 8. The number of aromatic nitrogens is 3. The topological polar surface area (TPSA) is 173 Å². The van der Waals surface area contributed by atoms with Gasteiger partial charge in [0, 0.05) is 43.0 Å². The van der Waals surface area contributed by atoms with Crippen LogP contribution in [0.4, 0.5) is 11.6 Å². The number of nitrogen functional groups attached to an aromatic ring is 1. The van der Waals surface area contributed by atoms with Crippen molar-refractivity contribution in [3.05, 3.63) is 54.5 Å². The molecule has 0 bridgehead atoms. The molecule has 3 heterocycles. The molecule has 1 fully saturated rings. The highest BCUT2D eigenvalue weighted by atomic mass is 16.3. The monoisotopic (exact) mass is 476 g/mol. The quantitative estimate of drug-likeness (QED) is 0.212. The number of benzene rings is 1. The molecule has 0 saturated carbocycles. The number of amides is 2. The molecule has 1 saturated heterocycles. The molecular formula is C24H28N8O3. The van der Waals surface area contributed by atoms with Crippen LogP contribution in [-0.2, 0) is 9.59 Å². The molecule has 11 heteroatoms. The first-order valence-corrected chi connectivity index (χ1v) is 11.3. The first kappa shape index (κ1) is 23.7. The summed E-state index contributed by atoms with van der Waals surface area (Å²) in [6, 6.07) is 6.60. The van der Waals surface area contributed by atoms with E-state index in [9.17, 15) is 14.7 Å². The van der Waals surface area contributed by atoms with Crippen molar-refractivity contribution in [1.29, 1.82) is 5.41 Å². The highest BCUT2D eigenvalue weighted by Gasteiger charge is 2.26. The summed E-state index contributed by atoms with van der Waals surface area (Å²) in [6.45, 7) is 4.76. The number of phenols is 1. The second-order valence-corrected chi connectivity index (χ2v) is 8.38. The Labute approximate surface area is 202 Å². The van der Waals surface area contributed by atoms with Gasteiger partial charge in [-0.2, -0.15) is 0 Å². The Balaban J connectivity index is 1.48. The van der Waals surface area contributed by atoms with Gasteiger partial charge in [-0.05, 0) is 43.2 Å². The Kier molecular flexibility index (Phi) is 6.95. The summed E-state index contributed by atoms with van der Waals surface area (Å²) >= 11 is 0. The summed E-state index contributed by atoms with van der Waals surface area (Å²) in [5.41, 5.74) is 7.92. The average molecular weight is 477 g/mol. The molecule has 2 aromatic heterocycles. The van der Waals surface area contributed by atoms with E-state index in [-0.39, 0.29) is 48.1 Å². The van der Waals surface area contributed by atoms with Gasteiger partial charge in [0.15, 0.2) is 0 Å². The van der Waals surface area contributed by atoms with Crippen molar-refractivity contribution in [2.75, 3.05) is 30.7 Å². The summed E-state index contributed by atoms with van der Waals surface area (Å²) in [5, 5.41) is 25.3. The maximum Gasteiger partial charge on any atom is 0.243 e. The van der Waals surface area contributed by atoms with Crippen LogP contribution in [0, 0.1) is 5.41 Å². The first-order chi connectivity index (χ1) is 16.9. The van der Waals surface area contributed by atoms with Gasteiger partial charge in [-0.15, -0.1) is 0 Å². The van der Waals surface area contributed by atoms with Gasteiger partial charge in [0.1, 0.15) is 23.7 Å². The number of hydrogen-bond donors (Lipinski definition) is 6. The number of carbonyl (C=O) groups is 2. The number of fused-ring (bicyclic) bond motifs is 1. The molecule has 1 aliphatic rings. The average Bonchev–Trinajstić information content (AvgIpc) is 3.27. The summed E-state index contributed by atoms with van der Waals surface area (Å²) < 4.78 is 0. The van der Waals surface area contributed by atoms with Crippen LogP contribution in [0.2, 0.25) is 0 Å². The van der Waals surface area contributed by atoms with Crippen molar-refractivity contribution >= 4 is 40.1 Å². The Morgan fingerprint density at radius 2 is 2.17 bits per heavy atom. The molecular weight excluding hydrogens is 448 g/mol. The minimum absolute atomic E-state index is 0.0441. The molecule has 0 aliphatic carbocycles. The zero-order chi connectivity index (χ0) is 24.9. The zero-order valence-electron chi connectivity index (χ0n) is 19.2. The SMILES string of the molecule is C=CC(=O)NCCC(=O)N1CCCC(Nc2ncnc(N)c2C(=N)c2cc3cc(O)ccc3[nH]2)C1. The van der Waals surface area contributed by atoms with Gasteiger partial charge >= 0.3 is 0 Å². The molecule has 182 valence electrons. The van der Waals surface area contributed by atoms with E-state index in [4.69, 9.17) is 11.1 Å². The van der Waals surface area contributed by atoms with Crippen LogP contribution < -0.4 is 16.4 Å². The largest absolute Gasteiger partial charge is 0.508 e. The maximum atomic E-state index is 12.6. The number of nitrogens with zero attached hydrogens (tertiary/aromatic N) is 3. The molecule has 1 aromatic carbocycles. The fourth-order valence-electron chi connectivity index (χ4n) is 4.18. The molecule has 11 nitrogen and oxygen atoms in total. The fraction of sp³-hybridized carbons (Fsp3) is 0.292. The van der Waals surface area contributed by atoms with E-state index in [2.05, 4.69) is 32.2 Å². The Morgan fingerprint density at radius 3 is 2.97 bits per heavy atom. The van der Waals surface area contributed by atoms with Crippen molar-refractivity contribution in [3.63, 3.8) is 0 Å².